The van der Waals surface area contributed by atoms with Gasteiger partial charge in [-0.1, -0.05) is 38.8 Å². The van der Waals surface area contributed by atoms with Gasteiger partial charge in [0.05, 0.1) is 17.8 Å². The lowest BCUT2D eigenvalue weighted by Crippen LogP contribution is -2.50. The average Bonchev–Trinajstić information content (AvgIpc) is 2.89. The third-order valence-corrected chi connectivity index (χ3v) is 4.82. The first-order valence-corrected chi connectivity index (χ1v) is 8.38. The van der Waals surface area contributed by atoms with Crippen molar-refractivity contribution < 1.29 is 9.90 Å². The molecule has 4 nitrogen and oxygen atoms in total. The lowest BCUT2D eigenvalue weighted by molar-refractivity contribution is 0.167. The number of hydrogen-bond donors (Lipinski definition) is 3. The summed E-state index contributed by atoms with van der Waals surface area (Å²) in [4.78, 5) is 13.3. The van der Waals surface area contributed by atoms with Gasteiger partial charge in [0.2, 0.25) is 0 Å². The van der Waals surface area contributed by atoms with Crippen LogP contribution < -0.4 is 10.6 Å². The number of carbonyl (C=O) groups excluding carboxylic acids is 1. The van der Waals surface area contributed by atoms with Crippen LogP contribution in [0.25, 0.3) is 0 Å². The predicted molar refractivity (Wildman–Crippen MR) is 87.9 cm³/mol. The second kappa shape index (κ2) is 7.18. The zero-order valence-electron chi connectivity index (χ0n) is 12.7. The van der Waals surface area contributed by atoms with E-state index in [2.05, 4.69) is 24.5 Å². The summed E-state index contributed by atoms with van der Waals surface area (Å²) in [5.41, 5.74) is 0.379. The fourth-order valence-electron chi connectivity index (χ4n) is 2.70. The van der Waals surface area contributed by atoms with E-state index in [9.17, 15) is 9.90 Å². The topological polar surface area (TPSA) is 61.4 Å². The molecule has 0 aliphatic heterocycles. The van der Waals surface area contributed by atoms with Gasteiger partial charge in [0, 0.05) is 10.1 Å². The second-order valence-electron chi connectivity index (χ2n) is 5.89. The van der Waals surface area contributed by atoms with Crippen LogP contribution in [0.3, 0.4) is 0 Å². The number of nitrogens with one attached hydrogen (secondary N) is 2. The first-order chi connectivity index (χ1) is 10.0. The molecule has 0 saturated heterocycles. The molecule has 0 unspecified atom stereocenters. The Hall–Kier alpha value is -1.20. The highest BCUT2D eigenvalue weighted by Crippen LogP contribution is 2.31. The van der Waals surface area contributed by atoms with Crippen LogP contribution in [0.15, 0.2) is 29.2 Å². The van der Waals surface area contributed by atoms with Gasteiger partial charge in [-0.25, -0.2) is 4.79 Å². The maximum Gasteiger partial charge on any atom is 0.319 e. The molecule has 3 N–H and O–H groups in total. The van der Waals surface area contributed by atoms with E-state index in [1.165, 1.54) is 0 Å². The van der Waals surface area contributed by atoms with E-state index in [-0.39, 0.29) is 12.6 Å². The van der Waals surface area contributed by atoms with Gasteiger partial charge in [0.1, 0.15) is 0 Å². The zero-order valence-corrected chi connectivity index (χ0v) is 13.5. The molecule has 0 spiro atoms. The van der Waals surface area contributed by atoms with E-state index in [0.29, 0.717) is 5.25 Å². The number of anilines is 1. The van der Waals surface area contributed by atoms with Gasteiger partial charge < -0.3 is 15.7 Å². The Kier molecular flexibility index (Phi) is 5.53. The molecule has 0 bridgehead atoms. The maximum atomic E-state index is 12.2. The number of benzene rings is 1. The van der Waals surface area contributed by atoms with Crippen molar-refractivity contribution in [2.75, 3.05) is 11.9 Å². The van der Waals surface area contributed by atoms with Gasteiger partial charge in [-0.05, 0) is 25.0 Å². The summed E-state index contributed by atoms with van der Waals surface area (Å²) < 4.78 is 0. The Morgan fingerprint density at radius 2 is 2.00 bits per heavy atom. The largest absolute Gasteiger partial charge is 0.394 e. The molecule has 1 aromatic rings. The number of urea groups is 1. The highest BCUT2D eigenvalue weighted by molar-refractivity contribution is 8.00. The lowest BCUT2D eigenvalue weighted by Gasteiger charge is -2.28. The molecule has 1 fully saturated rings. The van der Waals surface area contributed by atoms with Crippen molar-refractivity contribution in [2.45, 2.75) is 55.2 Å². The highest BCUT2D eigenvalue weighted by Gasteiger charge is 2.34. The normalized spacial score (nSPS) is 17.0. The standard InChI is InChI=1S/C16H24N2O2S/c1-12(2)21-14-8-4-3-7-13(14)17-15(20)18-16(11-19)9-5-6-10-16/h3-4,7-8,12,19H,5-6,9-11H2,1-2H3,(H2,17,18,20). The summed E-state index contributed by atoms with van der Waals surface area (Å²) in [5.74, 6) is 0. The number of carbonyl (C=O) groups is 1. The molecule has 1 saturated carbocycles. The summed E-state index contributed by atoms with van der Waals surface area (Å²) in [6, 6.07) is 7.57. The van der Waals surface area contributed by atoms with E-state index in [0.717, 1.165) is 36.3 Å². The quantitative estimate of drug-likeness (QED) is 0.728. The lowest BCUT2D eigenvalue weighted by atomic mass is 9.99. The van der Waals surface area contributed by atoms with Crippen LogP contribution in [-0.2, 0) is 0 Å². The minimum atomic E-state index is -0.440. The summed E-state index contributed by atoms with van der Waals surface area (Å²) in [5, 5.41) is 15.9. The predicted octanol–water partition coefficient (Wildman–Crippen LogP) is 3.61. The van der Waals surface area contributed by atoms with Crippen LogP contribution >= 0.6 is 11.8 Å². The molecule has 5 heteroatoms. The number of hydrogen-bond acceptors (Lipinski definition) is 3. The van der Waals surface area contributed by atoms with Crippen LogP contribution in [0, 0.1) is 0 Å². The molecule has 2 rings (SSSR count). The number of thioether (sulfide) groups is 1. The SMILES string of the molecule is CC(C)Sc1ccccc1NC(=O)NC1(CO)CCCC1. The van der Waals surface area contributed by atoms with Gasteiger partial charge >= 0.3 is 6.03 Å². The highest BCUT2D eigenvalue weighted by atomic mass is 32.2. The van der Waals surface area contributed by atoms with Gasteiger partial charge in [-0.15, -0.1) is 11.8 Å². The smallest absolute Gasteiger partial charge is 0.319 e. The van der Waals surface area contributed by atoms with Crippen LogP contribution in [0.1, 0.15) is 39.5 Å². The van der Waals surface area contributed by atoms with E-state index in [1.54, 1.807) is 11.8 Å². The molecule has 116 valence electrons. The molecule has 0 radical (unpaired) electrons. The summed E-state index contributed by atoms with van der Waals surface area (Å²) >= 11 is 1.72. The van der Waals surface area contributed by atoms with Gasteiger partial charge in [-0.2, -0.15) is 0 Å². The van der Waals surface area contributed by atoms with Crippen LogP contribution in [0.5, 0.6) is 0 Å². The number of para-hydroxylation sites is 1. The Morgan fingerprint density at radius 3 is 2.62 bits per heavy atom. The molecule has 1 aliphatic carbocycles. The average molecular weight is 308 g/mol. The number of aliphatic hydroxyl groups is 1. The van der Waals surface area contributed by atoms with Gasteiger partial charge in [-0.3, -0.25) is 0 Å². The van der Waals surface area contributed by atoms with E-state index >= 15 is 0 Å². The van der Waals surface area contributed by atoms with Crippen molar-refractivity contribution in [3.05, 3.63) is 24.3 Å². The fourth-order valence-corrected chi connectivity index (χ4v) is 3.61. The van der Waals surface area contributed by atoms with E-state index < -0.39 is 5.54 Å². The first kappa shape index (κ1) is 16.2. The van der Waals surface area contributed by atoms with Crippen molar-refractivity contribution in [2.24, 2.45) is 0 Å². The number of amides is 2. The van der Waals surface area contributed by atoms with Gasteiger partial charge in [0.15, 0.2) is 0 Å². The van der Waals surface area contributed by atoms with Crippen molar-refractivity contribution >= 4 is 23.5 Å². The summed E-state index contributed by atoms with van der Waals surface area (Å²) in [6.45, 7) is 4.25. The van der Waals surface area contributed by atoms with E-state index in [4.69, 9.17) is 0 Å². The van der Waals surface area contributed by atoms with Gasteiger partial charge in [0.25, 0.3) is 0 Å². The number of rotatable bonds is 5. The minimum absolute atomic E-state index is 0.00279. The monoisotopic (exact) mass is 308 g/mol. The molecular weight excluding hydrogens is 284 g/mol. The third-order valence-electron chi connectivity index (χ3n) is 3.74. The molecule has 21 heavy (non-hydrogen) atoms. The maximum absolute atomic E-state index is 12.2. The van der Waals surface area contributed by atoms with Crippen molar-refractivity contribution in [1.29, 1.82) is 0 Å². The van der Waals surface area contributed by atoms with Crippen LogP contribution in [0.4, 0.5) is 10.5 Å². The fraction of sp³-hybridized carbons (Fsp3) is 0.562. The molecule has 0 atom stereocenters. The molecule has 1 aliphatic rings. The molecule has 0 aromatic heterocycles. The minimum Gasteiger partial charge on any atom is -0.394 e. The Balaban J connectivity index is 2.02. The Bertz CT molecular complexity index is 485. The Morgan fingerprint density at radius 1 is 1.33 bits per heavy atom. The van der Waals surface area contributed by atoms with Crippen molar-refractivity contribution in [3.63, 3.8) is 0 Å². The van der Waals surface area contributed by atoms with Crippen molar-refractivity contribution in [1.82, 2.24) is 5.32 Å². The third kappa shape index (κ3) is 4.38. The van der Waals surface area contributed by atoms with Crippen LogP contribution in [0.2, 0.25) is 0 Å². The summed E-state index contributed by atoms with van der Waals surface area (Å²) in [6.07, 6.45) is 3.81. The second-order valence-corrected chi connectivity index (χ2v) is 7.51. The summed E-state index contributed by atoms with van der Waals surface area (Å²) in [7, 11) is 0. The molecular formula is C16H24N2O2S. The van der Waals surface area contributed by atoms with Crippen molar-refractivity contribution in [3.8, 4) is 0 Å². The van der Waals surface area contributed by atoms with E-state index in [1.807, 2.05) is 24.3 Å². The molecule has 0 heterocycles. The van der Waals surface area contributed by atoms with Crippen LogP contribution in [-0.4, -0.2) is 28.5 Å². The molecule has 2 amide bonds. The first-order valence-electron chi connectivity index (χ1n) is 7.50. The molecule has 1 aromatic carbocycles. The Labute approximate surface area is 130 Å². The zero-order chi connectivity index (χ0) is 15.3. The number of aliphatic hydroxyl groups excluding tert-OH is 1.